The standard InChI is InChI=1S/C8H4ClFS2/c9-7-5-3-4(10)1-2-6(5)12-8(7)11/h1-3,11H. The highest BCUT2D eigenvalue weighted by Gasteiger charge is 2.07. The molecule has 2 aromatic rings. The van der Waals surface area contributed by atoms with E-state index in [0.29, 0.717) is 5.02 Å². The van der Waals surface area contributed by atoms with Crippen LogP contribution in [0.5, 0.6) is 0 Å². The Morgan fingerprint density at radius 1 is 1.42 bits per heavy atom. The molecule has 0 saturated heterocycles. The second kappa shape index (κ2) is 2.91. The molecule has 0 radical (unpaired) electrons. The Balaban J connectivity index is 2.88. The summed E-state index contributed by atoms with van der Waals surface area (Å²) < 4.78 is 14.4. The van der Waals surface area contributed by atoms with E-state index in [1.165, 1.54) is 23.5 Å². The minimum Gasteiger partial charge on any atom is -0.207 e. The predicted molar refractivity (Wildman–Crippen MR) is 54.0 cm³/mol. The first-order chi connectivity index (χ1) is 5.68. The average Bonchev–Trinajstić information content (AvgIpc) is 2.31. The first-order valence-electron chi connectivity index (χ1n) is 3.25. The molecule has 62 valence electrons. The number of thiol groups is 1. The fourth-order valence-corrected chi connectivity index (χ4v) is 2.59. The van der Waals surface area contributed by atoms with Crippen LogP contribution in [-0.4, -0.2) is 0 Å². The molecule has 0 fully saturated rings. The summed E-state index contributed by atoms with van der Waals surface area (Å²) in [5.41, 5.74) is 0. The van der Waals surface area contributed by atoms with Crippen LogP contribution in [0.15, 0.2) is 22.4 Å². The summed E-state index contributed by atoms with van der Waals surface area (Å²) in [5.74, 6) is -0.268. The molecule has 0 nitrogen and oxygen atoms in total. The Hall–Kier alpha value is -0.250. The van der Waals surface area contributed by atoms with E-state index in [1.54, 1.807) is 6.07 Å². The summed E-state index contributed by atoms with van der Waals surface area (Å²) in [4.78, 5) is 0. The van der Waals surface area contributed by atoms with Gasteiger partial charge in [0.15, 0.2) is 0 Å². The van der Waals surface area contributed by atoms with Gasteiger partial charge in [0.05, 0.1) is 9.23 Å². The van der Waals surface area contributed by atoms with Gasteiger partial charge in [-0.15, -0.1) is 24.0 Å². The lowest BCUT2D eigenvalue weighted by Crippen LogP contribution is -1.70. The number of hydrogen-bond donors (Lipinski definition) is 1. The third kappa shape index (κ3) is 1.22. The molecular formula is C8H4ClFS2. The maximum absolute atomic E-state index is 12.7. The van der Waals surface area contributed by atoms with Crippen molar-refractivity contribution in [1.82, 2.24) is 0 Å². The zero-order valence-electron chi connectivity index (χ0n) is 5.84. The third-order valence-corrected chi connectivity index (χ3v) is 3.68. The van der Waals surface area contributed by atoms with Crippen molar-refractivity contribution < 1.29 is 4.39 Å². The number of fused-ring (bicyclic) bond motifs is 1. The summed E-state index contributed by atoms with van der Waals surface area (Å²) in [5, 5.41) is 1.28. The van der Waals surface area contributed by atoms with Crippen LogP contribution in [0, 0.1) is 5.82 Å². The number of rotatable bonds is 0. The van der Waals surface area contributed by atoms with Gasteiger partial charge in [0.2, 0.25) is 0 Å². The fourth-order valence-electron chi connectivity index (χ4n) is 1.03. The predicted octanol–water partition coefficient (Wildman–Crippen LogP) is 3.98. The molecule has 2 rings (SSSR count). The normalized spacial score (nSPS) is 10.9. The second-order valence-corrected chi connectivity index (χ2v) is 4.54. The van der Waals surface area contributed by atoms with Crippen LogP contribution >= 0.6 is 35.6 Å². The van der Waals surface area contributed by atoms with Crippen LogP contribution in [0.4, 0.5) is 4.39 Å². The van der Waals surface area contributed by atoms with Crippen molar-refractivity contribution in [2.75, 3.05) is 0 Å². The van der Waals surface area contributed by atoms with E-state index in [1.807, 2.05) is 0 Å². The van der Waals surface area contributed by atoms with Gasteiger partial charge in [-0.25, -0.2) is 4.39 Å². The van der Waals surface area contributed by atoms with Crippen molar-refractivity contribution >= 4 is 45.7 Å². The molecule has 0 aliphatic carbocycles. The second-order valence-electron chi connectivity index (χ2n) is 2.36. The number of benzene rings is 1. The van der Waals surface area contributed by atoms with E-state index in [4.69, 9.17) is 11.6 Å². The van der Waals surface area contributed by atoms with Gasteiger partial charge in [-0.2, -0.15) is 0 Å². The highest BCUT2D eigenvalue weighted by molar-refractivity contribution is 7.83. The summed E-state index contributed by atoms with van der Waals surface area (Å²) >= 11 is 11.5. The first kappa shape index (κ1) is 8.35. The molecule has 1 aromatic heterocycles. The molecule has 0 unspecified atom stereocenters. The molecule has 4 heteroatoms. The molecule has 0 aliphatic rings. The fraction of sp³-hybridized carbons (Fsp3) is 0. The van der Waals surface area contributed by atoms with Gasteiger partial charge in [0, 0.05) is 10.1 Å². The van der Waals surface area contributed by atoms with Gasteiger partial charge in [-0.3, -0.25) is 0 Å². The van der Waals surface area contributed by atoms with E-state index in [9.17, 15) is 4.39 Å². The molecule has 0 amide bonds. The Labute approximate surface area is 83.4 Å². The zero-order chi connectivity index (χ0) is 8.72. The van der Waals surface area contributed by atoms with Crippen LogP contribution in [0.1, 0.15) is 0 Å². The molecule has 0 aliphatic heterocycles. The van der Waals surface area contributed by atoms with Crippen molar-refractivity contribution in [1.29, 1.82) is 0 Å². The van der Waals surface area contributed by atoms with Crippen molar-refractivity contribution in [3.63, 3.8) is 0 Å². The Bertz CT molecular complexity index is 436. The van der Waals surface area contributed by atoms with Crippen molar-refractivity contribution in [3.05, 3.63) is 29.0 Å². The monoisotopic (exact) mass is 218 g/mol. The number of halogens is 2. The quantitative estimate of drug-likeness (QED) is 0.636. The van der Waals surface area contributed by atoms with Crippen molar-refractivity contribution in [3.8, 4) is 0 Å². The van der Waals surface area contributed by atoms with Crippen LogP contribution in [-0.2, 0) is 0 Å². The maximum atomic E-state index is 12.7. The van der Waals surface area contributed by atoms with Crippen LogP contribution in [0.2, 0.25) is 5.02 Å². The van der Waals surface area contributed by atoms with E-state index in [0.717, 1.165) is 14.3 Å². The van der Waals surface area contributed by atoms with Crippen molar-refractivity contribution in [2.45, 2.75) is 4.21 Å². The minimum absolute atomic E-state index is 0.268. The summed E-state index contributed by atoms with van der Waals surface area (Å²) in [6.07, 6.45) is 0. The van der Waals surface area contributed by atoms with Crippen LogP contribution in [0.3, 0.4) is 0 Å². The van der Waals surface area contributed by atoms with Gasteiger partial charge in [0.1, 0.15) is 5.82 Å². The van der Waals surface area contributed by atoms with E-state index in [2.05, 4.69) is 12.6 Å². The Morgan fingerprint density at radius 3 is 2.92 bits per heavy atom. The lowest BCUT2D eigenvalue weighted by atomic mass is 10.2. The highest BCUT2D eigenvalue weighted by atomic mass is 35.5. The minimum atomic E-state index is -0.268. The summed E-state index contributed by atoms with van der Waals surface area (Å²) in [7, 11) is 0. The molecule has 1 aromatic carbocycles. The number of hydrogen-bond acceptors (Lipinski definition) is 2. The van der Waals surface area contributed by atoms with E-state index >= 15 is 0 Å². The summed E-state index contributed by atoms with van der Waals surface area (Å²) in [6.45, 7) is 0. The van der Waals surface area contributed by atoms with Gasteiger partial charge >= 0.3 is 0 Å². The number of thiophene rings is 1. The molecular weight excluding hydrogens is 215 g/mol. The maximum Gasteiger partial charge on any atom is 0.123 e. The Kier molecular flexibility index (Phi) is 2.02. The molecule has 1 heterocycles. The van der Waals surface area contributed by atoms with Crippen molar-refractivity contribution in [2.24, 2.45) is 0 Å². The average molecular weight is 219 g/mol. The molecule has 0 N–H and O–H groups in total. The van der Waals surface area contributed by atoms with Gasteiger partial charge in [0.25, 0.3) is 0 Å². The van der Waals surface area contributed by atoms with Crippen LogP contribution in [0.25, 0.3) is 10.1 Å². The smallest absolute Gasteiger partial charge is 0.123 e. The van der Waals surface area contributed by atoms with Gasteiger partial charge in [-0.1, -0.05) is 11.6 Å². The first-order valence-corrected chi connectivity index (χ1v) is 4.89. The van der Waals surface area contributed by atoms with Gasteiger partial charge in [-0.05, 0) is 18.2 Å². The lowest BCUT2D eigenvalue weighted by Gasteiger charge is -1.89. The molecule has 0 atom stereocenters. The SMILES string of the molecule is Fc1ccc2sc(S)c(Cl)c2c1. The lowest BCUT2D eigenvalue weighted by molar-refractivity contribution is 0.630. The molecule has 12 heavy (non-hydrogen) atoms. The summed E-state index contributed by atoms with van der Waals surface area (Å²) in [6, 6.07) is 4.55. The highest BCUT2D eigenvalue weighted by Crippen LogP contribution is 2.37. The Morgan fingerprint density at radius 2 is 2.17 bits per heavy atom. The topological polar surface area (TPSA) is 0 Å². The third-order valence-electron chi connectivity index (χ3n) is 1.57. The zero-order valence-corrected chi connectivity index (χ0v) is 8.31. The molecule has 0 spiro atoms. The van der Waals surface area contributed by atoms with E-state index < -0.39 is 0 Å². The van der Waals surface area contributed by atoms with Gasteiger partial charge < -0.3 is 0 Å². The molecule has 0 saturated carbocycles. The van der Waals surface area contributed by atoms with Crippen LogP contribution < -0.4 is 0 Å². The largest absolute Gasteiger partial charge is 0.207 e. The van der Waals surface area contributed by atoms with E-state index in [-0.39, 0.29) is 5.82 Å². The molecule has 0 bridgehead atoms.